The minimum atomic E-state index is -0.506. The highest BCUT2D eigenvalue weighted by Gasteiger charge is 2.15. The quantitative estimate of drug-likeness (QED) is 0.638. The van der Waals surface area contributed by atoms with Crippen LogP contribution < -0.4 is 15.0 Å². The summed E-state index contributed by atoms with van der Waals surface area (Å²) in [5.41, 5.74) is 3.61. The molecule has 28 heavy (non-hydrogen) atoms. The third-order valence-corrected chi connectivity index (χ3v) is 5.25. The molecule has 0 aliphatic carbocycles. The molecule has 1 amide bonds. The van der Waals surface area contributed by atoms with E-state index in [4.69, 9.17) is 9.47 Å². The van der Waals surface area contributed by atoms with Crippen molar-refractivity contribution >= 4 is 28.1 Å². The van der Waals surface area contributed by atoms with Crippen molar-refractivity contribution in [2.24, 2.45) is 0 Å². The Bertz CT molecular complexity index is 969. The zero-order valence-electron chi connectivity index (χ0n) is 16.4. The number of nitrogens with one attached hydrogen (secondary N) is 1. The molecular weight excluding hydrogens is 374 g/mol. The molecule has 2 aromatic carbocycles. The van der Waals surface area contributed by atoms with Gasteiger partial charge >= 0.3 is 6.09 Å². The fourth-order valence-corrected chi connectivity index (χ4v) is 3.63. The molecule has 0 atom stereocenters. The minimum absolute atomic E-state index is 0.199. The predicted molar refractivity (Wildman–Crippen MR) is 113 cm³/mol. The average Bonchev–Trinajstić information content (AvgIpc) is 3.06. The van der Waals surface area contributed by atoms with Gasteiger partial charge in [-0.1, -0.05) is 35.6 Å². The number of para-hydroxylation sites is 1. The molecule has 3 rings (SSSR count). The van der Waals surface area contributed by atoms with Crippen molar-refractivity contribution in [1.82, 2.24) is 4.98 Å². The molecule has 0 fully saturated rings. The fourth-order valence-electron chi connectivity index (χ4n) is 2.65. The molecule has 0 saturated carbocycles. The highest BCUT2D eigenvalue weighted by molar-refractivity contribution is 7.19. The molecule has 1 aromatic heterocycles. The molecule has 0 spiro atoms. The molecule has 1 heterocycles. The van der Waals surface area contributed by atoms with Crippen LogP contribution in [0.5, 0.6) is 5.75 Å². The number of ether oxygens (including phenoxy) is 2. The number of carbonyl (C=O) groups is 1. The van der Waals surface area contributed by atoms with Crippen LogP contribution in [-0.4, -0.2) is 32.3 Å². The Hall–Kier alpha value is -3.06. The molecule has 0 bridgehead atoms. The number of benzene rings is 2. The van der Waals surface area contributed by atoms with E-state index < -0.39 is 6.09 Å². The lowest BCUT2D eigenvalue weighted by Gasteiger charge is -2.13. The molecule has 0 saturated heterocycles. The first-order valence-corrected chi connectivity index (χ1v) is 9.60. The Labute approximate surface area is 168 Å². The Balaban J connectivity index is 1.66. The Kier molecular flexibility index (Phi) is 6.16. The van der Waals surface area contributed by atoms with Crippen molar-refractivity contribution in [2.45, 2.75) is 13.5 Å². The first-order valence-electron chi connectivity index (χ1n) is 8.79. The Morgan fingerprint density at radius 1 is 1.18 bits per heavy atom. The third kappa shape index (κ3) is 4.61. The molecule has 146 valence electrons. The molecular formula is C21H23N3O3S. The smallest absolute Gasteiger partial charge is 0.412 e. The summed E-state index contributed by atoms with van der Waals surface area (Å²) in [6.07, 6.45) is -0.506. The van der Waals surface area contributed by atoms with Crippen LogP contribution in [-0.2, 0) is 11.3 Å². The summed E-state index contributed by atoms with van der Waals surface area (Å²) in [4.78, 5) is 18.8. The molecule has 1 N–H and O–H groups in total. The highest BCUT2D eigenvalue weighted by Crippen LogP contribution is 2.36. The molecule has 0 radical (unpaired) electrons. The van der Waals surface area contributed by atoms with Gasteiger partial charge in [0.05, 0.1) is 18.4 Å². The van der Waals surface area contributed by atoms with Gasteiger partial charge in [0.15, 0.2) is 0 Å². The van der Waals surface area contributed by atoms with Crippen LogP contribution in [0.25, 0.3) is 10.6 Å². The lowest BCUT2D eigenvalue weighted by atomic mass is 10.2. The number of aryl methyl sites for hydroxylation is 1. The monoisotopic (exact) mass is 397 g/mol. The highest BCUT2D eigenvalue weighted by atomic mass is 32.1. The van der Waals surface area contributed by atoms with Crippen molar-refractivity contribution < 1.29 is 14.3 Å². The van der Waals surface area contributed by atoms with Crippen LogP contribution in [0, 0.1) is 6.92 Å². The predicted octanol–water partition coefficient (Wildman–Crippen LogP) is 4.94. The zero-order valence-corrected chi connectivity index (χ0v) is 17.2. The van der Waals surface area contributed by atoms with Crippen LogP contribution >= 0.6 is 11.3 Å². The van der Waals surface area contributed by atoms with Gasteiger partial charge in [-0.2, -0.15) is 0 Å². The summed E-state index contributed by atoms with van der Waals surface area (Å²) in [6, 6.07) is 15.5. The van der Waals surface area contributed by atoms with Crippen molar-refractivity contribution in [2.75, 3.05) is 31.4 Å². The number of hydrogen-bond acceptors (Lipinski definition) is 6. The second-order valence-electron chi connectivity index (χ2n) is 6.40. The van der Waals surface area contributed by atoms with E-state index in [-0.39, 0.29) is 6.61 Å². The van der Waals surface area contributed by atoms with Gasteiger partial charge in [0.25, 0.3) is 0 Å². The number of carbonyl (C=O) groups excluding carboxylic acids is 1. The largest absolute Gasteiger partial charge is 0.496 e. The van der Waals surface area contributed by atoms with Crippen LogP contribution in [0.15, 0.2) is 48.5 Å². The summed E-state index contributed by atoms with van der Waals surface area (Å²) in [6.45, 7) is 2.05. The number of aromatic nitrogens is 1. The van der Waals surface area contributed by atoms with Gasteiger partial charge in [-0.05, 0) is 36.8 Å². The maximum Gasteiger partial charge on any atom is 0.412 e. The number of amides is 1. The third-order valence-electron chi connectivity index (χ3n) is 4.15. The summed E-state index contributed by atoms with van der Waals surface area (Å²) < 4.78 is 10.8. The molecule has 6 nitrogen and oxygen atoms in total. The molecule has 0 aliphatic rings. The van der Waals surface area contributed by atoms with Gasteiger partial charge in [-0.3, -0.25) is 5.32 Å². The maximum atomic E-state index is 12.2. The lowest BCUT2D eigenvalue weighted by Crippen LogP contribution is -2.14. The van der Waals surface area contributed by atoms with Gasteiger partial charge in [0.1, 0.15) is 22.4 Å². The van der Waals surface area contributed by atoms with Crippen molar-refractivity contribution in [3.8, 4) is 16.3 Å². The van der Waals surface area contributed by atoms with E-state index in [9.17, 15) is 4.79 Å². The molecule has 0 unspecified atom stereocenters. The van der Waals surface area contributed by atoms with Crippen molar-refractivity contribution in [3.63, 3.8) is 0 Å². The van der Waals surface area contributed by atoms with E-state index in [0.29, 0.717) is 5.00 Å². The summed E-state index contributed by atoms with van der Waals surface area (Å²) in [7, 11) is 5.57. The molecule has 0 aliphatic heterocycles. The van der Waals surface area contributed by atoms with Gasteiger partial charge in [0, 0.05) is 19.8 Å². The van der Waals surface area contributed by atoms with Crippen LogP contribution in [0.2, 0.25) is 0 Å². The van der Waals surface area contributed by atoms with Gasteiger partial charge < -0.3 is 14.4 Å². The van der Waals surface area contributed by atoms with Crippen LogP contribution in [0.1, 0.15) is 11.3 Å². The summed E-state index contributed by atoms with van der Waals surface area (Å²) in [5.74, 6) is 0.742. The SMILES string of the molecule is COc1ccccc1-c1nc(C)c(NC(=O)OCc2cccc(N(C)C)c2)s1. The standard InChI is InChI=1S/C21H23N3O3S/c1-14-19(28-20(22-14)17-10-5-6-11-18(17)26-4)23-21(25)27-13-15-8-7-9-16(12-15)24(2)3/h5-12H,13H2,1-4H3,(H,23,25). The van der Waals surface area contributed by atoms with Crippen LogP contribution in [0.4, 0.5) is 15.5 Å². The number of thiazole rings is 1. The van der Waals surface area contributed by atoms with Crippen molar-refractivity contribution in [3.05, 3.63) is 59.8 Å². The zero-order chi connectivity index (χ0) is 20.1. The maximum absolute atomic E-state index is 12.2. The number of anilines is 2. The Morgan fingerprint density at radius 3 is 2.71 bits per heavy atom. The average molecular weight is 398 g/mol. The minimum Gasteiger partial charge on any atom is -0.496 e. The number of rotatable bonds is 6. The second-order valence-corrected chi connectivity index (χ2v) is 7.40. The van der Waals surface area contributed by atoms with E-state index >= 15 is 0 Å². The van der Waals surface area contributed by atoms with Gasteiger partial charge in [-0.15, -0.1) is 0 Å². The topological polar surface area (TPSA) is 63.7 Å². The van der Waals surface area contributed by atoms with Crippen LogP contribution in [0.3, 0.4) is 0 Å². The van der Waals surface area contributed by atoms with E-state index in [1.165, 1.54) is 11.3 Å². The van der Waals surface area contributed by atoms with E-state index in [2.05, 4.69) is 10.3 Å². The fraction of sp³-hybridized carbons (Fsp3) is 0.238. The van der Waals surface area contributed by atoms with E-state index in [1.807, 2.05) is 74.4 Å². The lowest BCUT2D eigenvalue weighted by molar-refractivity contribution is 0.155. The molecule has 3 aromatic rings. The second kappa shape index (κ2) is 8.75. The first kappa shape index (κ1) is 19.7. The first-order chi connectivity index (χ1) is 13.5. The Morgan fingerprint density at radius 2 is 1.96 bits per heavy atom. The van der Waals surface area contributed by atoms with Gasteiger partial charge in [0.2, 0.25) is 0 Å². The number of nitrogens with zero attached hydrogens (tertiary/aromatic N) is 2. The normalized spacial score (nSPS) is 10.4. The number of methoxy groups -OCH3 is 1. The summed E-state index contributed by atoms with van der Waals surface area (Å²) in [5, 5.41) is 4.23. The van der Waals surface area contributed by atoms with E-state index in [0.717, 1.165) is 33.3 Å². The van der Waals surface area contributed by atoms with E-state index in [1.54, 1.807) is 7.11 Å². The number of hydrogen-bond donors (Lipinski definition) is 1. The van der Waals surface area contributed by atoms with Crippen molar-refractivity contribution in [1.29, 1.82) is 0 Å². The summed E-state index contributed by atoms with van der Waals surface area (Å²) >= 11 is 1.39. The van der Waals surface area contributed by atoms with Gasteiger partial charge in [-0.25, -0.2) is 9.78 Å². The molecule has 7 heteroatoms.